The first kappa shape index (κ1) is 16.3. The molecule has 2 rings (SSSR count). The first-order valence-electron chi connectivity index (χ1n) is 7.56. The van der Waals surface area contributed by atoms with Crippen LogP contribution in [0.4, 0.5) is 10.5 Å². The van der Waals surface area contributed by atoms with Crippen molar-refractivity contribution in [2.24, 2.45) is 17.8 Å². The minimum Gasteiger partial charge on any atom is -0.434 e. The van der Waals surface area contributed by atoms with Crippen LogP contribution in [0.5, 0.6) is 5.75 Å². The van der Waals surface area contributed by atoms with Gasteiger partial charge in [0.2, 0.25) is 0 Å². The highest BCUT2D eigenvalue weighted by Crippen LogP contribution is 2.34. The number of nitro groups is 1. The molecule has 0 radical (unpaired) electrons. The van der Waals surface area contributed by atoms with Crippen molar-refractivity contribution in [3.63, 3.8) is 0 Å². The summed E-state index contributed by atoms with van der Waals surface area (Å²) in [5.41, 5.74) is -0.0504. The van der Waals surface area contributed by atoms with Crippen LogP contribution in [0.3, 0.4) is 0 Å². The van der Waals surface area contributed by atoms with Crippen molar-refractivity contribution in [3.8, 4) is 5.75 Å². The van der Waals surface area contributed by atoms with E-state index in [9.17, 15) is 14.9 Å². The lowest BCUT2D eigenvalue weighted by atomic mass is 9.74. The van der Waals surface area contributed by atoms with Crippen molar-refractivity contribution in [1.29, 1.82) is 0 Å². The Hall–Kier alpha value is -2.11. The number of nitrogens with zero attached hydrogens (tertiary/aromatic N) is 1. The molecule has 22 heavy (non-hydrogen) atoms. The second-order valence-corrected chi connectivity index (χ2v) is 5.96. The van der Waals surface area contributed by atoms with E-state index in [4.69, 9.17) is 9.47 Å². The lowest BCUT2D eigenvalue weighted by Crippen LogP contribution is -2.30. The Bertz CT molecular complexity index is 518. The zero-order chi connectivity index (χ0) is 16.1. The predicted molar refractivity (Wildman–Crippen MR) is 80.7 cm³/mol. The van der Waals surface area contributed by atoms with Gasteiger partial charge in [-0.3, -0.25) is 10.1 Å². The van der Waals surface area contributed by atoms with Crippen LogP contribution in [-0.2, 0) is 4.74 Å². The maximum atomic E-state index is 11.7. The number of non-ortho nitro benzene ring substituents is 1. The third-order valence-electron chi connectivity index (χ3n) is 4.42. The normalized spacial score (nSPS) is 24.5. The maximum Gasteiger partial charge on any atom is 0.513 e. The smallest absolute Gasteiger partial charge is 0.434 e. The average molecular weight is 307 g/mol. The first-order valence-corrected chi connectivity index (χ1v) is 7.56. The highest BCUT2D eigenvalue weighted by molar-refractivity contribution is 5.64. The third kappa shape index (κ3) is 4.19. The number of benzene rings is 1. The summed E-state index contributed by atoms with van der Waals surface area (Å²) in [6.07, 6.45) is 2.79. The van der Waals surface area contributed by atoms with Crippen LogP contribution in [0.15, 0.2) is 24.3 Å². The van der Waals surface area contributed by atoms with Crippen molar-refractivity contribution in [2.45, 2.75) is 33.1 Å². The number of ether oxygens (including phenoxy) is 2. The fourth-order valence-electron chi connectivity index (χ4n) is 3.01. The van der Waals surface area contributed by atoms with Crippen LogP contribution < -0.4 is 4.74 Å². The molecule has 2 unspecified atom stereocenters. The van der Waals surface area contributed by atoms with Crippen molar-refractivity contribution < 1.29 is 19.2 Å². The Morgan fingerprint density at radius 1 is 1.23 bits per heavy atom. The van der Waals surface area contributed by atoms with Gasteiger partial charge in [0.15, 0.2) is 0 Å². The van der Waals surface area contributed by atoms with Gasteiger partial charge in [0, 0.05) is 12.1 Å². The maximum absolute atomic E-state index is 11.7. The molecule has 1 fully saturated rings. The topological polar surface area (TPSA) is 78.7 Å². The molecular formula is C16H21NO5. The Balaban J connectivity index is 1.83. The van der Waals surface area contributed by atoms with E-state index < -0.39 is 11.1 Å². The quantitative estimate of drug-likeness (QED) is 0.361. The molecule has 2 atom stereocenters. The van der Waals surface area contributed by atoms with Crippen LogP contribution in [0.1, 0.15) is 33.1 Å². The molecular weight excluding hydrogens is 286 g/mol. The van der Waals surface area contributed by atoms with Crippen LogP contribution in [-0.4, -0.2) is 17.7 Å². The van der Waals surface area contributed by atoms with Gasteiger partial charge in [0.1, 0.15) is 5.75 Å². The fraction of sp³-hybridized carbons (Fsp3) is 0.562. The molecule has 0 bridgehead atoms. The van der Waals surface area contributed by atoms with Gasteiger partial charge in [0.05, 0.1) is 11.5 Å². The summed E-state index contributed by atoms with van der Waals surface area (Å²) in [6.45, 7) is 4.73. The number of hydrogen-bond donors (Lipinski definition) is 0. The second kappa shape index (κ2) is 7.24. The SMILES string of the molecule is CC1CCCC(C)C1COC(=O)Oc1ccc([N+](=O)[O-])cc1. The van der Waals surface area contributed by atoms with E-state index in [0.29, 0.717) is 24.4 Å². The number of carbonyl (C=O) groups is 1. The van der Waals surface area contributed by atoms with Gasteiger partial charge in [0.25, 0.3) is 5.69 Å². The van der Waals surface area contributed by atoms with Gasteiger partial charge in [-0.1, -0.05) is 33.1 Å². The first-order chi connectivity index (χ1) is 10.5. The number of hydrogen-bond acceptors (Lipinski definition) is 5. The summed E-state index contributed by atoms with van der Waals surface area (Å²) in [5, 5.41) is 10.5. The van der Waals surface area contributed by atoms with E-state index in [-0.39, 0.29) is 11.4 Å². The van der Waals surface area contributed by atoms with Crippen molar-refractivity contribution in [2.75, 3.05) is 6.61 Å². The molecule has 6 heteroatoms. The minimum atomic E-state index is -0.765. The highest BCUT2D eigenvalue weighted by atomic mass is 16.7. The van der Waals surface area contributed by atoms with Gasteiger partial charge >= 0.3 is 6.16 Å². The standard InChI is InChI=1S/C16H21NO5/c1-11-4-3-5-12(2)15(11)10-21-16(18)22-14-8-6-13(7-9-14)17(19)20/h6-9,11-12,15H,3-5,10H2,1-2H3. The highest BCUT2D eigenvalue weighted by Gasteiger charge is 2.29. The van der Waals surface area contributed by atoms with Gasteiger partial charge in [-0.15, -0.1) is 0 Å². The van der Waals surface area contributed by atoms with Crippen LogP contribution in [0.2, 0.25) is 0 Å². The van der Waals surface area contributed by atoms with Crippen molar-refractivity contribution in [3.05, 3.63) is 34.4 Å². The lowest BCUT2D eigenvalue weighted by molar-refractivity contribution is -0.384. The summed E-state index contributed by atoms with van der Waals surface area (Å²) < 4.78 is 10.2. The number of rotatable bonds is 4. The van der Waals surface area contributed by atoms with E-state index in [1.165, 1.54) is 30.7 Å². The third-order valence-corrected chi connectivity index (χ3v) is 4.42. The molecule has 0 aliphatic heterocycles. The molecule has 1 aliphatic carbocycles. The molecule has 1 aromatic carbocycles. The summed E-state index contributed by atoms with van der Waals surface area (Å²) >= 11 is 0. The van der Waals surface area contributed by atoms with Crippen LogP contribution >= 0.6 is 0 Å². The van der Waals surface area contributed by atoms with E-state index >= 15 is 0 Å². The largest absolute Gasteiger partial charge is 0.513 e. The monoisotopic (exact) mass is 307 g/mol. The molecule has 6 nitrogen and oxygen atoms in total. The molecule has 0 heterocycles. The Morgan fingerprint density at radius 2 is 1.82 bits per heavy atom. The summed E-state index contributed by atoms with van der Waals surface area (Å²) in [4.78, 5) is 21.7. The Morgan fingerprint density at radius 3 is 2.36 bits per heavy atom. The number of nitro benzene ring substituents is 1. The molecule has 0 aromatic heterocycles. The van der Waals surface area contributed by atoms with Crippen LogP contribution in [0, 0.1) is 27.9 Å². The Kier molecular flexibility index (Phi) is 5.35. The van der Waals surface area contributed by atoms with Gasteiger partial charge in [-0.2, -0.15) is 0 Å². The number of carbonyl (C=O) groups excluding carboxylic acids is 1. The summed E-state index contributed by atoms with van der Waals surface area (Å²) in [7, 11) is 0. The minimum absolute atomic E-state index is 0.0504. The van der Waals surface area contributed by atoms with Crippen molar-refractivity contribution >= 4 is 11.8 Å². The lowest BCUT2D eigenvalue weighted by Gasteiger charge is -2.33. The summed E-state index contributed by atoms with van der Waals surface area (Å²) in [6, 6.07) is 5.33. The zero-order valence-electron chi connectivity index (χ0n) is 12.9. The van der Waals surface area contributed by atoms with Crippen molar-refractivity contribution in [1.82, 2.24) is 0 Å². The van der Waals surface area contributed by atoms with E-state index in [0.717, 1.165) is 12.8 Å². The predicted octanol–water partition coefficient (Wildman–Crippen LogP) is 4.18. The van der Waals surface area contributed by atoms with Gasteiger partial charge in [-0.05, 0) is 29.9 Å². The van der Waals surface area contributed by atoms with E-state index in [2.05, 4.69) is 13.8 Å². The molecule has 0 saturated heterocycles. The molecule has 1 aliphatic rings. The summed E-state index contributed by atoms with van der Waals surface area (Å²) in [5.74, 6) is 1.67. The molecule has 120 valence electrons. The van der Waals surface area contributed by atoms with Gasteiger partial charge in [-0.25, -0.2) is 4.79 Å². The molecule has 1 aromatic rings. The van der Waals surface area contributed by atoms with Crippen LogP contribution in [0.25, 0.3) is 0 Å². The second-order valence-electron chi connectivity index (χ2n) is 5.96. The molecule has 0 amide bonds. The zero-order valence-corrected chi connectivity index (χ0v) is 12.9. The van der Waals surface area contributed by atoms with E-state index in [1.807, 2.05) is 0 Å². The average Bonchev–Trinajstić information content (AvgIpc) is 2.47. The molecule has 0 N–H and O–H groups in total. The molecule has 1 saturated carbocycles. The van der Waals surface area contributed by atoms with Gasteiger partial charge < -0.3 is 9.47 Å². The van der Waals surface area contributed by atoms with E-state index in [1.54, 1.807) is 0 Å². The Labute approximate surface area is 129 Å². The molecule has 0 spiro atoms. The fourth-order valence-corrected chi connectivity index (χ4v) is 3.01.